The Morgan fingerprint density at radius 3 is 2.22 bits per heavy atom. The van der Waals surface area contributed by atoms with Crippen LogP contribution in [0.1, 0.15) is 6.92 Å². The van der Waals surface area contributed by atoms with Gasteiger partial charge in [-0.15, -0.1) is 0 Å². The van der Waals surface area contributed by atoms with Crippen molar-refractivity contribution in [2.24, 2.45) is 0 Å². The van der Waals surface area contributed by atoms with E-state index in [-0.39, 0.29) is 12.5 Å². The minimum atomic E-state index is -3.56. The molecule has 2 N–H and O–H groups in total. The molecule has 2 aromatic rings. The van der Waals surface area contributed by atoms with Crippen LogP contribution < -0.4 is 19.7 Å². The number of rotatable bonds is 4. The quantitative estimate of drug-likeness (QED) is 0.830. The van der Waals surface area contributed by atoms with Crippen LogP contribution in [-0.2, 0) is 19.6 Å². The van der Waals surface area contributed by atoms with Gasteiger partial charge in [-0.3, -0.25) is 13.9 Å². The first-order chi connectivity index (χ1) is 12.7. The van der Waals surface area contributed by atoms with Crippen molar-refractivity contribution in [3.63, 3.8) is 0 Å². The SMILES string of the molecule is CC(=O)Nc1ccc(NC(=O)[C@H]2CN(S(C)(=O)=O)c3ccccc3O2)cc1. The van der Waals surface area contributed by atoms with Crippen molar-refractivity contribution in [1.29, 1.82) is 0 Å². The number of nitrogens with zero attached hydrogens (tertiary/aromatic N) is 1. The maximum absolute atomic E-state index is 12.6. The number of carbonyl (C=O) groups is 2. The molecule has 1 aliphatic rings. The molecule has 2 aromatic carbocycles. The van der Waals surface area contributed by atoms with E-state index in [1.165, 1.54) is 6.92 Å². The number of hydrogen-bond donors (Lipinski definition) is 2. The Morgan fingerprint density at radius 2 is 1.63 bits per heavy atom. The van der Waals surface area contributed by atoms with Crippen LogP contribution in [0.5, 0.6) is 5.75 Å². The lowest BCUT2D eigenvalue weighted by atomic mass is 10.2. The van der Waals surface area contributed by atoms with Crippen molar-refractivity contribution in [2.45, 2.75) is 13.0 Å². The molecule has 8 nitrogen and oxygen atoms in total. The number of ether oxygens (including phenoxy) is 1. The van der Waals surface area contributed by atoms with Gasteiger partial charge in [-0.05, 0) is 36.4 Å². The normalized spacial score (nSPS) is 16.1. The number of fused-ring (bicyclic) bond motifs is 1. The third-order valence-electron chi connectivity index (χ3n) is 3.90. The molecule has 0 saturated carbocycles. The second-order valence-electron chi connectivity index (χ2n) is 6.12. The van der Waals surface area contributed by atoms with E-state index in [0.717, 1.165) is 10.6 Å². The lowest BCUT2D eigenvalue weighted by Gasteiger charge is -2.33. The van der Waals surface area contributed by atoms with Gasteiger partial charge >= 0.3 is 0 Å². The molecule has 2 amide bonds. The highest BCUT2D eigenvalue weighted by atomic mass is 32.2. The third-order valence-corrected chi connectivity index (χ3v) is 5.05. The van der Waals surface area contributed by atoms with Crippen LogP contribution in [-0.4, -0.2) is 39.1 Å². The number of hydrogen-bond acceptors (Lipinski definition) is 5. The number of carbonyl (C=O) groups excluding carboxylic acids is 2. The maximum atomic E-state index is 12.6. The van der Waals surface area contributed by atoms with Crippen LogP contribution in [0.3, 0.4) is 0 Å². The topological polar surface area (TPSA) is 105 Å². The summed E-state index contributed by atoms with van der Waals surface area (Å²) in [6, 6.07) is 13.2. The van der Waals surface area contributed by atoms with Crippen molar-refractivity contribution < 1.29 is 22.7 Å². The lowest BCUT2D eigenvalue weighted by Crippen LogP contribution is -2.48. The number of nitrogens with one attached hydrogen (secondary N) is 2. The molecule has 0 bridgehead atoms. The molecule has 3 rings (SSSR count). The fourth-order valence-electron chi connectivity index (χ4n) is 2.72. The largest absolute Gasteiger partial charge is 0.476 e. The smallest absolute Gasteiger partial charge is 0.267 e. The summed E-state index contributed by atoms with van der Waals surface area (Å²) < 4.78 is 31.1. The van der Waals surface area contributed by atoms with E-state index in [1.54, 1.807) is 48.5 Å². The molecule has 0 saturated heterocycles. The Bertz CT molecular complexity index is 973. The van der Waals surface area contributed by atoms with Crippen LogP contribution in [0.15, 0.2) is 48.5 Å². The van der Waals surface area contributed by atoms with Gasteiger partial charge in [-0.25, -0.2) is 8.42 Å². The summed E-state index contributed by atoms with van der Waals surface area (Å²) in [5, 5.41) is 5.33. The molecule has 0 spiro atoms. The fraction of sp³-hybridized carbons (Fsp3) is 0.222. The Kier molecular flexibility index (Phi) is 5.04. The Hall–Kier alpha value is -3.07. The summed E-state index contributed by atoms with van der Waals surface area (Å²) in [6.07, 6.45) is 0.0924. The number of anilines is 3. The van der Waals surface area contributed by atoms with Gasteiger partial charge < -0.3 is 15.4 Å². The zero-order chi connectivity index (χ0) is 19.6. The van der Waals surface area contributed by atoms with Crippen LogP contribution in [0, 0.1) is 0 Å². The minimum absolute atomic E-state index is 0.119. The average molecular weight is 389 g/mol. The average Bonchev–Trinajstić information content (AvgIpc) is 2.61. The number of sulfonamides is 1. The molecule has 9 heteroatoms. The highest BCUT2D eigenvalue weighted by molar-refractivity contribution is 7.92. The Morgan fingerprint density at radius 1 is 1.04 bits per heavy atom. The van der Waals surface area contributed by atoms with Gasteiger partial charge in [0.25, 0.3) is 5.91 Å². The number of para-hydroxylation sites is 2. The van der Waals surface area contributed by atoms with Crippen molar-refractivity contribution in [3.05, 3.63) is 48.5 Å². The van der Waals surface area contributed by atoms with Crippen molar-refractivity contribution in [1.82, 2.24) is 0 Å². The first-order valence-corrected chi connectivity index (χ1v) is 10.0. The molecular formula is C18H19N3O5S. The number of amides is 2. The second kappa shape index (κ2) is 7.28. The molecule has 0 radical (unpaired) electrons. The lowest BCUT2D eigenvalue weighted by molar-refractivity contribution is -0.122. The summed E-state index contributed by atoms with van der Waals surface area (Å²) in [4.78, 5) is 23.6. The number of benzene rings is 2. The molecule has 1 aliphatic heterocycles. The van der Waals surface area contributed by atoms with Gasteiger partial charge in [0.15, 0.2) is 6.10 Å². The van der Waals surface area contributed by atoms with E-state index in [4.69, 9.17) is 4.74 Å². The molecule has 0 unspecified atom stereocenters. The van der Waals surface area contributed by atoms with E-state index in [1.807, 2.05) is 0 Å². The van der Waals surface area contributed by atoms with Gasteiger partial charge in [0.2, 0.25) is 15.9 Å². The summed E-state index contributed by atoms with van der Waals surface area (Å²) in [5.41, 5.74) is 1.51. The van der Waals surface area contributed by atoms with Crippen molar-refractivity contribution >= 4 is 38.9 Å². The highest BCUT2D eigenvalue weighted by Crippen LogP contribution is 2.34. The first-order valence-electron chi connectivity index (χ1n) is 8.16. The summed E-state index contributed by atoms with van der Waals surface area (Å²) in [6.45, 7) is 1.28. The molecule has 1 heterocycles. The monoisotopic (exact) mass is 389 g/mol. The summed E-state index contributed by atoms with van der Waals surface area (Å²) in [5.74, 6) is -0.331. The summed E-state index contributed by atoms with van der Waals surface area (Å²) >= 11 is 0. The molecule has 142 valence electrons. The van der Waals surface area contributed by atoms with Gasteiger partial charge in [-0.2, -0.15) is 0 Å². The molecule has 1 atom stereocenters. The standard InChI is InChI=1S/C18H19N3O5S/c1-12(22)19-13-7-9-14(10-8-13)20-18(23)17-11-21(27(2,24)25)15-5-3-4-6-16(15)26-17/h3-10,17H,11H2,1-2H3,(H,19,22)(H,20,23)/t17-/m1/s1. The first kappa shape index (κ1) is 18.7. The minimum Gasteiger partial charge on any atom is -0.476 e. The molecular weight excluding hydrogens is 370 g/mol. The van der Waals surface area contributed by atoms with E-state index in [0.29, 0.717) is 22.8 Å². The third kappa shape index (κ3) is 4.37. The van der Waals surface area contributed by atoms with Gasteiger partial charge in [-0.1, -0.05) is 12.1 Å². The maximum Gasteiger partial charge on any atom is 0.267 e. The second-order valence-corrected chi connectivity index (χ2v) is 8.02. The van der Waals surface area contributed by atoms with E-state index >= 15 is 0 Å². The van der Waals surface area contributed by atoms with Crippen LogP contribution in [0.2, 0.25) is 0 Å². The summed E-state index contributed by atoms with van der Waals surface area (Å²) in [7, 11) is -3.56. The predicted molar refractivity (Wildman–Crippen MR) is 102 cm³/mol. The highest BCUT2D eigenvalue weighted by Gasteiger charge is 2.34. The van der Waals surface area contributed by atoms with E-state index in [2.05, 4.69) is 10.6 Å². The van der Waals surface area contributed by atoms with Crippen LogP contribution in [0.25, 0.3) is 0 Å². The van der Waals surface area contributed by atoms with Crippen LogP contribution in [0.4, 0.5) is 17.1 Å². The van der Waals surface area contributed by atoms with Crippen molar-refractivity contribution in [2.75, 3.05) is 27.7 Å². The van der Waals surface area contributed by atoms with Gasteiger partial charge in [0.05, 0.1) is 18.5 Å². The van der Waals surface area contributed by atoms with Gasteiger partial charge in [0, 0.05) is 18.3 Å². The van der Waals surface area contributed by atoms with Crippen LogP contribution >= 0.6 is 0 Å². The Labute approximate surface area is 157 Å². The van der Waals surface area contributed by atoms with E-state index in [9.17, 15) is 18.0 Å². The molecule has 0 aliphatic carbocycles. The zero-order valence-electron chi connectivity index (χ0n) is 14.8. The van der Waals surface area contributed by atoms with Crippen molar-refractivity contribution in [3.8, 4) is 5.75 Å². The fourth-order valence-corrected chi connectivity index (χ4v) is 3.63. The van der Waals surface area contributed by atoms with E-state index < -0.39 is 22.0 Å². The molecule has 27 heavy (non-hydrogen) atoms. The Balaban J connectivity index is 1.76. The molecule has 0 aromatic heterocycles. The zero-order valence-corrected chi connectivity index (χ0v) is 15.6. The predicted octanol–water partition coefficient (Wildman–Crippen LogP) is 1.81. The van der Waals surface area contributed by atoms with Gasteiger partial charge in [0.1, 0.15) is 5.75 Å². The molecule has 0 fully saturated rings.